The molecule has 0 radical (unpaired) electrons. The summed E-state index contributed by atoms with van der Waals surface area (Å²) in [5.74, 6) is 3.75. The molecule has 1 unspecified atom stereocenters. The van der Waals surface area contributed by atoms with Gasteiger partial charge in [0, 0.05) is 151 Å². The van der Waals surface area contributed by atoms with Crippen molar-refractivity contribution in [2.24, 2.45) is 15.4 Å². The number of aliphatic hydroxyl groups is 1. The third-order valence-corrected chi connectivity index (χ3v) is 26.4. The Hall–Kier alpha value is -11.7. The first-order valence-electron chi connectivity index (χ1n) is 40.3. The first kappa shape index (κ1) is 95.9. The molecule has 0 spiro atoms. The topological polar surface area (TPSA) is 383 Å². The van der Waals surface area contributed by atoms with Gasteiger partial charge in [-0.3, -0.25) is 33.9 Å². The number of nitrogens with one attached hydrogen (secondary N) is 1. The Kier molecular flexibility index (Phi) is 30.7. The number of hydrogen-bond donors (Lipinski definition) is 5. The van der Waals surface area contributed by atoms with Crippen LogP contribution in [0.25, 0.3) is 0 Å². The number of sulfonamides is 3. The molecule has 4 fully saturated rings. The number of aliphatic hydroxyl groups excluding tert-OH is 1. The smallest absolute Gasteiger partial charge is 0.251 e. The largest absolute Gasteiger partial charge is 0.491 e. The molecule has 0 bridgehead atoms. The van der Waals surface area contributed by atoms with Gasteiger partial charge in [-0.2, -0.15) is 0 Å². The van der Waals surface area contributed by atoms with Gasteiger partial charge < -0.3 is 53.7 Å². The normalized spacial score (nSPS) is 16.1. The van der Waals surface area contributed by atoms with E-state index in [1.807, 2.05) is 100 Å². The molecular weight excluding hydrogens is 1850 g/mol. The number of carbonyl (C=O) groups is 5. The van der Waals surface area contributed by atoms with Crippen LogP contribution in [0.15, 0.2) is 252 Å². The van der Waals surface area contributed by atoms with E-state index < -0.39 is 30.1 Å². The standard InChI is InChI=1S/C27H27ClN2O4.C23H22ClN3O4S.C22H19Cl2N3O5S.C22H18Cl2N2O4S/c1-17-5-3-6-18(2)26(17)34-24-14-19(9-10-23(24)28)21-15-25(32)30(16-21)22-8-4-7-20(13-22)27(33)29-11-12-31;1-14-11-26-12-15(2)23(14)31-21-9-16(3-8-20(21)24)17-10-22(28)27(13-17)18-4-6-19(7-5-18)32(25,29)30;1-31-20-11-26-10-18(24)22(20)32-19-8-13(2-7-17(19)23)14-9-21(28)27(12-14)15-3-5-16(6-4-15)33(25,29)30;23-15-5-10-18(21(12-15)30-20-4-2-1-3-19(20)24)14-11-22(27)26(13-14)16-6-8-17(9-7-16)31(25,28)29/h3-10,13-14,21,31H,11-12,15-16H2,1-2H3,(H,29,33);3-9,11-12,17H,10,13H2,1-2H3,(H2,25,29,30);2-8,10-11,14H,9,12H2,1H3,(H2,25,29,30);1-10,12,14H,11,13H2,(H2,25,28,29)/t21-;17-;14-;/m000./s1. The number of pyridine rings is 2. The molecule has 4 aliphatic rings. The highest BCUT2D eigenvalue weighted by Crippen LogP contribution is 2.47. The van der Waals surface area contributed by atoms with Gasteiger partial charge in [-0.1, -0.05) is 130 Å². The van der Waals surface area contributed by atoms with E-state index in [-0.39, 0.29) is 105 Å². The molecule has 6 heterocycles. The van der Waals surface area contributed by atoms with Crippen molar-refractivity contribution < 1.29 is 78.0 Å². The molecule has 4 aliphatic heterocycles. The lowest BCUT2D eigenvalue weighted by Gasteiger charge is -2.19. The van der Waals surface area contributed by atoms with Gasteiger partial charge in [0.2, 0.25) is 53.7 Å². The number of methoxy groups -OCH3 is 1. The van der Waals surface area contributed by atoms with Crippen molar-refractivity contribution in [2.75, 3.05) is 66.0 Å². The van der Waals surface area contributed by atoms with Crippen LogP contribution in [-0.2, 0) is 49.2 Å². The lowest BCUT2D eigenvalue weighted by Crippen LogP contribution is -2.27. The van der Waals surface area contributed by atoms with Crippen LogP contribution < -0.4 is 64.0 Å². The summed E-state index contributed by atoms with van der Waals surface area (Å²) < 4.78 is 98.4. The van der Waals surface area contributed by atoms with E-state index >= 15 is 0 Å². The van der Waals surface area contributed by atoms with Gasteiger partial charge in [0.1, 0.15) is 45.3 Å². The quantitative estimate of drug-likeness (QED) is 0.0397. The van der Waals surface area contributed by atoms with Gasteiger partial charge in [0.15, 0.2) is 11.5 Å². The van der Waals surface area contributed by atoms with Gasteiger partial charge in [0.25, 0.3) is 5.91 Å². The molecule has 674 valence electrons. The zero-order valence-electron chi connectivity index (χ0n) is 70.3. The van der Waals surface area contributed by atoms with Gasteiger partial charge in [-0.15, -0.1) is 0 Å². The molecule has 4 atom stereocenters. The second-order valence-corrected chi connectivity index (χ2v) is 38.0. The molecule has 10 aromatic carbocycles. The number of rotatable bonds is 23. The Morgan fingerprint density at radius 3 is 1.22 bits per heavy atom. The summed E-state index contributed by atoms with van der Waals surface area (Å²) in [6, 6.07) is 59.6. The number of halogens is 6. The highest BCUT2D eigenvalue weighted by molar-refractivity contribution is 7.89. The number of benzene rings is 10. The number of aromatic nitrogens is 2. The fraction of sp³-hybridized carbons (Fsp3) is 0.202. The summed E-state index contributed by atoms with van der Waals surface area (Å²) in [5, 5.41) is 29.6. The minimum atomic E-state index is -3.81. The van der Waals surface area contributed by atoms with Crippen molar-refractivity contribution >= 4 is 152 Å². The minimum Gasteiger partial charge on any atom is -0.491 e. The number of carbonyl (C=O) groups excluding carboxylic acids is 5. The molecule has 4 saturated heterocycles. The number of hydrogen-bond acceptors (Lipinski definition) is 19. The van der Waals surface area contributed by atoms with E-state index in [2.05, 4.69) is 15.3 Å². The van der Waals surface area contributed by atoms with Crippen LogP contribution >= 0.6 is 69.6 Å². The maximum atomic E-state index is 12.9. The molecule has 0 aliphatic carbocycles. The number of nitrogens with zero attached hydrogens (tertiary/aromatic N) is 6. The Morgan fingerprint density at radius 2 is 0.785 bits per heavy atom. The molecule has 130 heavy (non-hydrogen) atoms. The zero-order valence-corrected chi connectivity index (χ0v) is 77.3. The molecular formula is C94H86Cl6N10O17S3. The summed E-state index contributed by atoms with van der Waals surface area (Å²) in [5.41, 5.74) is 10.4. The molecule has 27 nitrogen and oxygen atoms in total. The molecule has 2 aromatic heterocycles. The fourth-order valence-corrected chi connectivity index (χ4v) is 17.7. The summed E-state index contributed by atoms with van der Waals surface area (Å²) in [7, 11) is -9.91. The van der Waals surface area contributed by atoms with E-state index in [1.54, 1.807) is 135 Å². The van der Waals surface area contributed by atoms with E-state index in [1.165, 1.54) is 55.9 Å². The van der Waals surface area contributed by atoms with Crippen molar-refractivity contribution in [1.82, 2.24) is 15.3 Å². The van der Waals surface area contributed by atoms with E-state index in [0.717, 1.165) is 50.3 Å². The fourth-order valence-electron chi connectivity index (χ4n) is 15.2. The predicted octanol–water partition coefficient (Wildman–Crippen LogP) is 18.6. The van der Waals surface area contributed by atoms with Crippen molar-refractivity contribution in [3.63, 3.8) is 0 Å². The molecule has 5 amide bonds. The highest BCUT2D eigenvalue weighted by Gasteiger charge is 2.38. The van der Waals surface area contributed by atoms with Gasteiger partial charge in [-0.25, -0.2) is 40.7 Å². The number of aryl methyl sites for hydroxylation is 4. The molecule has 36 heteroatoms. The molecule has 12 aromatic rings. The predicted molar refractivity (Wildman–Crippen MR) is 501 cm³/mol. The third kappa shape index (κ3) is 23.3. The van der Waals surface area contributed by atoms with E-state index in [4.69, 9.17) is 114 Å². The van der Waals surface area contributed by atoms with Gasteiger partial charge in [-0.05, 0) is 207 Å². The minimum absolute atomic E-state index is 0.00522. The van der Waals surface area contributed by atoms with Crippen molar-refractivity contribution in [3.05, 3.63) is 317 Å². The maximum absolute atomic E-state index is 12.9. The number of primary sulfonamides is 3. The van der Waals surface area contributed by atoms with E-state index in [9.17, 15) is 49.2 Å². The van der Waals surface area contributed by atoms with Crippen molar-refractivity contribution in [1.29, 1.82) is 0 Å². The lowest BCUT2D eigenvalue weighted by molar-refractivity contribution is -0.118. The van der Waals surface area contributed by atoms with Crippen LogP contribution in [0.3, 0.4) is 0 Å². The SMILES string of the molecule is COc1cncc(Cl)c1Oc1cc([C@H]2CC(=O)N(c3ccc(S(N)(=O)=O)cc3)C2)ccc1Cl.Cc1cccc(C)c1Oc1cc([C@H]2CC(=O)N(c3cccc(C(=O)NCCO)c3)C2)ccc1Cl.Cc1cncc(C)c1Oc1cc([C@H]2CC(=O)N(c3ccc(S(N)(=O)=O)cc3)C2)ccc1Cl.NS(=O)(=O)c1ccc(N2CC(c3ccc(Cl)cc3Oc3ccccc3Cl)CC2=O)cc1. The summed E-state index contributed by atoms with van der Waals surface area (Å²) in [4.78, 5) is 77.9. The monoisotopic (exact) mass is 1930 g/mol. The second kappa shape index (κ2) is 41.6. The molecule has 16 rings (SSSR count). The van der Waals surface area contributed by atoms with Crippen LogP contribution in [0.1, 0.15) is 104 Å². The van der Waals surface area contributed by atoms with Crippen molar-refractivity contribution in [3.8, 4) is 51.7 Å². The van der Waals surface area contributed by atoms with Crippen LogP contribution in [0.2, 0.25) is 30.1 Å². The van der Waals surface area contributed by atoms with Crippen molar-refractivity contribution in [2.45, 2.75) is 91.7 Å². The maximum Gasteiger partial charge on any atom is 0.251 e. The average Bonchev–Trinajstić information content (AvgIpc) is 1.66. The highest BCUT2D eigenvalue weighted by atomic mass is 35.5. The Morgan fingerprint density at radius 1 is 0.392 bits per heavy atom. The Balaban J connectivity index is 0.000000148. The first-order valence-corrected chi connectivity index (χ1v) is 47.2. The van der Waals surface area contributed by atoms with Crippen LogP contribution in [0.4, 0.5) is 22.7 Å². The summed E-state index contributed by atoms with van der Waals surface area (Å²) in [6.07, 6.45) is 7.61. The summed E-state index contributed by atoms with van der Waals surface area (Å²) >= 11 is 37.8. The second-order valence-electron chi connectivity index (χ2n) is 30.8. The van der Waals surface area contributed by atoms with Crippen LogP contribution in [0, 0.1) is 27.7 Å². The van der Waals surface area contributed by atoms with Crippen LogP contribution in [-0.4, -0.2) is 116 Å². The molecule has 0 saturated carbocycles. The number of nitrogens with two attached hydrogens (primary N) is 3. The first-order chi connectivity index (χ1) is 61.9. The number of ether oxygens (including phenoxy) is 5. The Labute approximate surface area is 781 Å². The third-order valence-electron chi connectivity index (χ3n) is 21.8. The number of para-hydroxylation sites is 2. The summed E-state index contributed by atoms with van der Waals surface area (Å²) in [6.45, 7) is 9.64. The van der Waals surface area contributed by atoms with Gasteiger partial charge >= 0.3 is 0 Å². The van der Waals surface area contributed by atoms with E-state index in [0.29, 0.717) is 133 Å². The average molecular weight is 1940 g/mol. The zero-order chi connectivity index (χ0) is 93.2. The Bertz CT molecular complexity index is 6630. The number of amides is 5. The van der Waals surface area contributed by atoms with Gasteiger partial charge in [0.05, 0.1) is 54.7 Å². The van der Waals surface area contributed by atoms with Crippen LogP contribution in [0.5, 0.6) is 51.7 Å². The lowest BCUT2D eigenvalue weighted by atomic mass is 9.97. The number of anilines is 4. The molecule has 8 N–H and O–H groups in total.